The lowest BCUT2D eigenvalue weighted by atomic mass is 9.73. The van der Waals surface area contributed by atoms with E-state index >= 15 is 0 Å². The maximum atomic E-state index is 11.4. The average Bonchev–Trinajstić information content (AvgIpc) is 2.50. The summed E-state index contributed by atoms with van der Waals surface area (Å²) in [5.74, 6) is 0. The zero-order chi connectivity index (χ0) is 21.5. The first kappa shape index (κ1) is 20.6. The third-order valence-corrected chi connectivity index (χ3v) is 3.82. The highest BCUT2D eigenvalue weighted by Crippen LogP contribution is 2.48. The van der Waals surface area contributed by atoms with Gasteiger partial charge >= 0.3 is 23.0 Å². The molecule has 0 bridgehead atoms. The van der Waals surface area contributed by atoms with Gasteiger partial charge in [-0.05, 0) is 0 Å². The molecule has 0 saturated heterocycles. The molecule has 1 rings (SSSR count). The van der Waals surface area contributed by atoms with E-state index in [1.54, 1.807) is 0 Å². The minimum Gasteiger partial charge on any atom is -0.263 e. The summed E-state index contributed by atoms with van der Waals surface area (Å²) in [6, 6.07) is -3.54. The van der Waals surface area contributed by atoms with Crippen LogP contribution in [0.1, 0.15) is 0 Å². The maximum Gasteiger partial charge on any atom is 0.744 e. The Morgan fingerprint density at radius 3 is 1.19 bits per heavy atom. The van der Waals surface area contributed by atoms with Crippen LogP contribution in [0.5, 0.6) is 0 Å². The molecule has 0 fully saturated rings. The Morgan fingerprint density at radius 2 is 0.963 bits per heavy atom. The van der Waals surface area contributed by atoms with Crippen LogP contribution in [0, 0.1) is 70.8 Å². The molecule has 27 heavy (non-hydrogen) atoms. The van der Waals surface area contributed by atoms with Crippen LogP contribution in [0.25, 0.3) is 0 Å². The molecule has 0 N–H and O–H groups in total. The highest BCUT2D eigenvalue weighted by molar-refractivity contribution is 5.19. The summed E-state index contributed by atoms with van der Waals surface area (Å²) >= 11 is 0. The second kappa shape index (κ2) is 5.81. The number of nitro groups is 7. The van der Waals surface area contributed by atoms with Gasteiger partial charge in [-0.3, -0.25) is 70.8 Å². The quantitative estimate of drug-likeness (QED) is 0.193. The summed E-state index contributed by atoms with van der Waals surface area (Å²) in [4.78, 5) is 62.3. The molecule has 0 aromatic carbocycles. The van der Waals surface area contributed by atoms with Crippen LogP contribution in [-0.2, 0) is 0 Å². The third kappa shape index (κ3) is 1.91. The summed E-state index contributed by atoms with van der Waals surface area (Å²) in [6.45, 7) is 0. The monoisotopic (exact) mass is 397 g/mol. The fraction of sp³-hybridized carbons (Fsp3) is 0.667. The minimum atomic E-state index is -5.54. The Hall–Kier alpha value is -4.46. The molecule has 0 aliphatic heterocycles. The van der Waals surface area contributed by atoms with E-state index in [1.165, 1.54) is 0 Å². The summed E-state index contributed by atoms with van der Waals surface area (Å²) in [6.07, 6.45) is -1.01. The summed E-state index contributed by atoms with van der Waals surface area (Å²) in [5.41, 5.74) is -15.7. The van der Waals surface area contributed by atoms with Gasteiger partial charge in [0.1, 0.15) is 29.5 Å². The first-order valence-electron chi connectivity index (χ1n) is 5.90. The largest absolute Gasteiger partial charge is 0.744 e. The van der Waals surface area contributed by atoms with E-state index in [-0.39, 0.29) is 0 Å². The van der Waals surface area contributed by atoms with E-state index in [4.69, 9.17) is 0 Å². The first-order chi connectivity index (χ1) is 12.2. The minimum absolute atomic E-state index is 0.400. The first-order valence-corrected chi connectivity index (χ1v) is 5.90. The van der Waals surface area contributed by atoms with Crippen LogP contribution < -0.4 is 0 Å². The van der Waals surface area contributed by atoms with Crippen LogP contribution in [0.4, 0.5) is 0 Å². The van der Waals surface area contributed by atoms with E-state index in [0.717, 1.165) is 0 Å². The standard InChI is InChI=1S/C6H3N7O14/c14-7(15)3-1-2-4(8(16)17,9(18)19)6(12(24)25,13(26)27)5(3,10(20)21)11(22)23/h1-3H. The summed E-state index contributed by atoms with van der Waals surface area (Å²) in [7, 11) is 0. The maximum absolute atomic E-state index is 11.4. The third-order valence-electron chi connectivity index (χ3n) is 3.82. The fourth-order valence-electron chi connectivity index (χ4n) is 2.75. The smallest absolute Gasteiger partial charge is 0.263 e. The Labute approximate surface area is 141 Å². The van der Waals surface area contributed by atoms with Gasteiger partial charge in [0.15, 0.2) is 0 Å². The van der Waals surface area contributed by atoms with Gasteiger partial charge in [0.2, 0.25) is 0 Å². The van der Waals surface area contributed by atoms with Crippen molar-refractivity contribution in [3.63, 3.8) is 0 Å². The zero-order valence-corrected chi connectivity index (χ0v) is 12.1. The van der Waals surface area contributed by atoms with Gasteiger partial charge in [0.25, 0.3) is 0 Å². The van der Waals surface area contributed by atoms with Crippen LogP contribution >= 0.6 is 0 Å². The zero-order valence-electron chi connectivity index (χ0n) is 12.1. The van der Waals surface area contributed by atoms with Crippen LogP contribution in [0.15, 0.2) is 12.2 Å². The Kier molecular flexibility index (Phi) is 4.43. The SMILES string of the molecule is O=[N+]([O-])C1C=CC([N+](=O)[O-])([N+](=O)[O-])C([N+](=O)[O-])([N+](=O)[O-])C1([N+](=O)[O-])[N+](=O)[O-]. The molecule has 1 aliphatic carbocycles. The van der Waals surface area contributed by atoms with Gasteiger partial charge in [-0.1, -0.05) is 0 Å². The molecule has 0 aromatic heterocycles. The number of hydrogen-bond donors (Lipinski definition) is 0. The normalized spacial score (nSPS) is 21.6. The lowest BCUT2D eigenvalue weighted by Gasteiger charge is -2.28. The van der Waals surface area contributed by atoms with Crippen molar-refractivity contribution in [2.75, 3.05) is 0 Å². The Morgan fingerprint density at radius 1 is 0.593 bits per heavy atom. The van der Waals surface area contributed by atoms with Crippen molar-refractivity contribution < 1.29 is 34.5 Å². The predicted octanol–water partition coefficient (Wildman–Crippen LogP) is -2.05. The lowest BCUT2D eigenvalue weighted by molar-refractivity contribution is -1.01. The number of rotatable bonds is 7. The van der Waals surface area contributed by atoms with E-state index in [1.807, 2.05) is 0 Å². The molecule has 1 aliphatic rings. The number of nitrogens with zero attached hydrogens (tertiary/aromatic N) is 7. The van der Waals surface area contributed by atoms with E-state index < -0.39 is 69.6 Å². The van der Waals surface area contributed by atoms with Crippen molar-refractivity contribution in [3.05, 3.63) is 83.0 Å². The molecular weight excluding hydrogens is 394 g/mol. The predicted molar refractivity (Wildman–Crippen MR) is 70.1 cm³/mol. The van der Waals surface area contributed by atoms with Gasteiger partial charge in [0.05, 0.1) is 6.08 Å². The van der Waals surface area contributed by atoms with Crippen molar-refractivity contribution >= 4 is 0 Å². The molecule has 146 valence electrons. The molecule has 0 heterocycles. The van der Waals surface area contributed by atoms with E-state index in [0.29, 0.717) is 0 Å². The van der Waals surface area contributed by atoms with Crippen molar-refractivity contribution in [3.8, 4) is 0 Å². The molecule has 1 unspecified atom stereocenters. The topological polar surface area (TPSA) is 302 Å². The van der Waals surface area contributed by atoms with Gasteiger partial charge in [-0.25, -0.2) is 0 Å². The van der Waals surface area contributed by atoms with Gasteiger partial charge in [0, 0.05) is 11.0 Å². The molecule has 0 saturated carbocycles. The van der Waals surface area contributed by atoms with Crippen LogP contribution in [-0.4, -0.2) is 57.5 Å². The summed E-state index contributed by atoms with van der Waals surface area (Å²) in [5, 5.41) is 79.1. The van der Waals surface area contributed by atoms with Gasteiger partial charge < -0.3 is 0 Å². The molecule has 21 nitrogen and oxygen atoms in total. The Bertz CT molecular complexity index is 788. The van der Waals surface area contributed by atoms with Crippen molar-refractivity contribution in [2.45, 2.75) is 23.0 Å². The van der Waals surface area contributed by atoms with E-state index in [2.05, 4.69) is 0 Å². The fourth-order valence-corrected chi connectivity index (χ4v) is 2.75. The Balaban J connectivity index is 4.55. The second-order valence-corrected chi connectivity index (χ2v) is 4.76. The second-order valence-electron chi connectivity index (χ2n) is 4.76. The molecule has 1 atom stereocenters. The van der Waals surface area contributed by atoms with Crippen molar-refractivity contribution in [1.82, 2.24) is 0 Å². The van der Waals surface area contributed by atoms with Crippen molar-refractivity contribution in [2.24, 2.45) is 0 Å². The highest BCUT2D eigenvalue weighted by atomic mass is 16.7. The molecule has 0 radical (unpaired) electrons. The molecule has 0 amide bonds. The average molecular weight is 397 g/mol. The lowest BCUT2D eigenvalue weighted by Crippen LogP contribution is -2.88. The molecular formula is C6H3N7O14. The number of hydrogen-bond acceptors (Lipinski definition) is 14. The summed E-state index contributed by atoms with van der Waals surface area (Å²) < 4.78 is 0. The van der Waals surface area contributed by atoms with Gasteiger partial charge in [-0.2, -0.15) is 0 Å². The molecule has 21 heteroatoms. The molecule has 0 spiro atoms. The molecule has 0 aromatic rings. The van der Waals surface area contributed by atoms with Crippen LogP contribution in [0.2, 0.25) is 0 Å². The van der Waals surface area contributed by atoms with Gasteiger partial charge in [-0.15, -0.1) is 0 Å². The highest BCUT2D eigenvalue weighted by Gasteiger charge is 3.15. The van der Waals surface area contributed by atoms with Crippen molar-refractivity contribution in [1.29, 1.82) is 0 Å². The van der Waals surface area contributed by atoms with Crippen LogP contribution in [0.3, 0.4) is 0 Å². The van der Waals surface area contributed by atoms with E-state index in [9.17, 15) is 70.8 Å².